The lowest BCUT2D eigenvalue weighted by atomic mass is 10.2. The van der Waals surface area contributed by atoms with Crippen LogP contribution in [0.1, 0.15) is 31.2 Å². The van der Waals surface area contributed by atoms with Crippen molar-refractivity contribution in [2.75, 3.05) is 5.32 Å². The summed E-state index contributed by atoms with van der Waals surface area (Å²) in [7, 11) is 0. The SMILES string of the molecule is Clc1ncc(C#CBr)c(NC2CCCC2)n1. The van der Waals surface area contributed by atoms with Crippen molar-refractivity contribution in [1.82, 2.24) is 9.97 Å². The molecular formula is C11H11BrClN3. The maximum absolute atomic E-state index is 5.78. The highest BCUT2D eigenvalue weighted by Crippen LogP contribution is 2.23. The van der Waals surface area contributed by atoms with Gasteiger partial charge in [0.2, 0.25) is 5.28 Å². The van der Waals surface area contributed by atoms with Gasteiger partial charge in [0.1, 0.15) is 5.82 Å². The summed E-state index contributed by atoms with van der Waals surface area (Å²) in [6.45, 7) is 0. The molecule has 1 N–H and O–H groups in total. The molecule has 0 aliphatic heterocycles. The molecule has 0 atom stereocenters. The van der Waals surface area contributed by atoms with Gasteiger partial charge in [-0.1, -0.05) is 12.8 Å². The van der Waals surface area contributed by atoms with Gasteiger partial charge >= 0.3 is 0 Å². The fourth-order valence-electron chi connectivity index (χ4n) is 1.88. The molecule has 3 nitrogen and oxygen atoms in total. The van der Waals surface area contributed by atoms with Crippen LogP contribution in [0.5, 0.6) is 0 Å². The molecule has 0 aromatic carbocycles. The van der Waals surface area contributed by atoms with Crippen molar-refractivity contribution in [3.05, 3.63) is 17.0 Å². The van der Waals surface area contributed by atoms with Gasteiger partial charge in [-0.3, -0.25) is 0 Å². The van der Waals surface area contributed by atoms with Crippen molar-refractivity contribution in [2.45, 2.75) is 31.7 Å². The van der Waals surface area contributed by atoms with E-state index in [2.05, 4.69) is 42.0 Å². The number of halogens is 2. The number of anilines is 1. The summed E-state index contributed by atoms with van der Waals surface area (Å²) in [5, 5.41) is 3.63. The van der Waals surface area contributed by atoms with Crippen LogP contribution in [0.25, 0.3) is 0 Å². The summed E-state index contributed by atoms with van der Waals surface area (Å²) in [5.74, 6) is 3.63. The summed E-state index contributed by atoms with van der Waals surface area (Å²) in [6, 6.07) is 0.488. The molecule has 1 aliphatic rings. The van der Waals surface area contributed by atoms with Gasteiger partial charge in [0, 0.05) is 28.2 Å². The van der Waals surface area contributed by atoms with Crippen LogP contribution < -0.4 is 5.32 Å². The number of rotatable bonds is 2. The quantitative estimate of drug-likeness (QED) is 0.673. The highest BCUT2D eigenvalue weighted by Gasteiger charge is 2.16. The topological polar surface area (TPSA) is 37.8 Å². The van der Waals surface area contributed by atoms with E-state index in [9.17, 15) is 0 Å². The van der Waals surface area contributed by atoms with Gasteiger partial charge in [0.15, 0.2) is 0 Å². The minimum Gasteiger partial charge on any atom is -0.366 e. The zero-order chi connectivity index (χ0) is 11.4. The zero-order valence-corrected chi connectivity index (χ0v) is 11.0. The number of hydrogen-bond donors (Lipinski definition) is 1. The van der Waals surface area contributed by atoms with Crippen molar-refractivity contribution >= 4 is 33.3 Å². The van der Waals surface area contributed by atoms with Crippen molar-refractivity contribution in [1.29, 1.82) is 0 Å². The maximum Gasteiger partial charge on any atom is 0.224 e. The Morgan fingerprint density at radius 3 is 2.88 bits per heavy atom. The highest BCUT2D eigenvalue weighted by atomic mass is 79.9. The van der Waals surface area contributed by atoms with Gasteiger partial charge in [0.05, 0.1) is 5.56 Å². The fraction of sp³-hybridized carbons (Fsp3) is 0.455. The summed E-state index contributed by atoms with van der Waals surface area (Å²) >= 11 is 8.85. The third-order valence-electron chi connectivity index (χ3n) is 2.64. The van der Waals surface area contributed by atoms with Crippen LogP contribution in [-0.4, -0.2) is 16.0 Å². The molecule has 1 fully saturated rings. The minimum atomic E-state index is 0.251. The van der Waals surface area contributed by atoms with E-state index in [0.717, 1.165) is 11.4 Å². The Morgan fingerprint density at radius 1 is 1.44 bits per heavy atom. The van der Waals surface area contributed by atoms with Gasteiger partial charge in [-0.2, -0.15) is 4.98 Å². The van der Waals surface area contributed by atoms with Gasteiger partial charge in [-0.05, 0) is 35.2 Å². The third-order valence-corrected chi connectivity index (χ3v) is 3.02. The Labute approximate surface area is 108 Å². The molecule has 16 heavy (non-hydrogen) atoms. The van der Waals surface area contributed by atoms with E-state index in [1.807, 2.05) is 0 Å². The molecule has 5 heteroatoms. The van der Waals surface area contributed by atoms with E-state index >= 15 is 0 Å². The predicted octanol–water partition coefficient (Wildman–Crippen LogP) is 3.19. The Hall–Kier alpha value is -0.790. The molecule has 0 bridgehead atoms. The molecule has 1 aromatic rings. The second-order valence-corrected chi connectivity index (χ2v) is 4.48. The molecule has 0 radical (unpaired) electrons. The van der Waals surface area contributed by atoms with E-state index in [4.69, 9.17) is 11.6 Å². The lowest BCUT2D eigenvalue weighted by molar-refractivity contribution is 0.749. The molecule has 84 valence electrons. The Kier molecular flexibility index (Phi) is 4.03. The summed E-state index contributed by atoms with van der Waals surface area (Å²) in [5.41, 5.74) is 0.771. The number of hydrogen-bond acceptors (Lipinski definition) is 3. The van der Waals surface area contributed by atoms with Gasteiger partial charge in [-0.15, -0.1) is 0 Å². The largest absolute Gasteiger partial charge is 0.366 e. The van der Waals surface area contributed by atoms with Crippen LogP contribution in [0, 0.1) is 10.8 Å². The second kappa shape index (κ2) is 5.51. The first kappa shape index (κ1) is 11.7. The summed E-state index contributed by atoms with van der Waals surface area (Å²) in [6.07, 6.45) is 6.55. The van der Waals surface area contributed by atoms with Crippen LogP contribution in [0.15, 0.2) is 6.20 Å². The van der Waals surface area contributed by atoms with Gasteiger partial charge in [0.25, 0.3) is 0 Å². The average Bonchev–Trinajstić information content (AvgIpc) is 2.75. The first-order valence-corrected chi connectivity index (χ1v) is 6.37. The van der Waals surface area contributed by atoms with E-state index in [1.165, 1.54) is 25.7 Å². The zero-order valence-electron chi connectivity index (χ0n) is 8.63. The van der Waals surface area contributed by atoms with Crippen molar-refractivity contribution in [3.63, 3.8) is 0 Å². The van der Waals surface area contributed by atoms with Crippen LogP contribution in [-0.2, 0) is 0 Å². The van der Waals surface area contributed by atoms with Crippen molar-refractivity contribution in [2.24, 2.45) is 0 Å². The minimum absolute atomic E-state index is 0.251. The van der Waals surface area contributed by atoms with Crippen LogP contribution in [0.4, 0.5) is 5.82 Å². The van der Waals surface area contributed by atoms with Crippen molar-refractivity contribution in [3.8, 4) is 10.8 Å². The lowest BCUT2D eigenvalue weighted by Gasteiger charge is -2.13. The van der Waals surface area contributed by atoms with Crippen LogP contribution in [0.2, 0.25) is 5.28 Å². The molecule has 2 rings (SSSR count). The second-order valence-electron chi connectivity index (χ2n) is 3.75. The highest BCUT2D eigenvalue weighted by molar-refractivity contribution is 9.12. The van der Waals surface area contributed by atoms with E-state index in [-0.39, 0.29) is 5.28 Å². The van der Waals surface area contributed by atoms with Gasteiger partial charge in [-0.25, -0.2) is 4.98 Å². The Bertz CT molecular complexity index is 433. The smallest absolute Gasteiger partial charge is 0.224 e. The average molecular weight is 301 g/mol. The molecule has 0 spiro atoms. The third kappa shape index (κ3) is 2.87. The molecule has 1 aliphatic carbocycles. The van der Waals surface area contributed by atoms with Crippen LogP contribution >= 0.6 is 27.5 Å². The molecular weight excluding hydrogens is 289 g/mol. The number of nitrogens with one attached hydrogen (secondary N) is 1. The standard InChI is InChI=1S/C11H11BrClN3/c12-6-5-8-7-14-11(13)16-10(8)15-9-3-1-2-4-9/h7,9H,1-4H2,(H,14,15,16). The number of nitrogens with zero attached hydrogens (tertiary/aromatic N) is 2. The lowest BCUT2D eigenvalue weighted by Crippen LogP contribution is -2.16. The molecule has 0 unspecified atom stereocenters. The van der Waals surface area contributed by atoms with Gasteiger partial charge < -0.3 is 5.32 Å². The molecule has 1 heterocycles. The summed E-state index contributed by atoms with van der Waals surface area (Å²) < 4.78 is 0. The number of aromatic nitrogens is 2. The normalized spacial score (nSPS) is 15.6. The predicted molar refractivity (Wildman–Crippen MR) is 68.7 cm³/mol. The molecule has 0 amide bonds. The monoisotopic (exact) mass is 299 g/mol. The maximum atomic E-state index is 5.78. The van der Waals surface area contributed by atoms with Crippen molar-refractivity contribution < 1.29 is 0 Å². The summed E-state index contributed by atoms with van der Waals surface area (Å²) in [4.78, 5) is 10.8. The first-order chi connectivity index (χ1) is 7.79. The van der Waals surface area contributed by atoms with E-state index < -0.39 is 0 Å². The van der Waals surface area contributed by atoms with Crippen LogP contribution in [0.3, 0.4) is 0 Å². The first-order valence-electron chi connectivity index (χ1n) is 5.20. The molecule has 0 saturated heterocycles. The van der Waals surface area contributed by atoms with E-state index in [0.29, 0.717) is 6.04 Å². The van der Waals surface area contributed by atoms with E-state index in [1.54, 1.807) is 6.20 Å². The molecule has 1 saturated carbocycles. The Balaban J connectivity index is 2.21. The fourth-order valence-corrected chi connectivity index (χ4v) is 2.22. The Morgan fingerprint density at radius 2 is 2.19 bits per heavy atom. The molecule has 1 aromatic heterocycles.